The summed E-state index contributed by atoms with van der Waals surface area (Å²) in [6, 6.07) is 10.3. The Kier molecular flexibility index (Phi) is 8.97. The lowest BCUT2D eigenvalue weighted by Crippen LogP contribution is -2.43. The van der Waals surface area contributed by atoms with Crippen LogP contribution in [0.3, 0.4) is 0 Å². The number of likely N-dealkylation sites (tertiary alicyclic amines) is 2. The number of amides is 2. The molecule has 1 aromatic heterocycles. The number of carbonyl (C=O) groups is 2. The smallest absolute Gasteiger partial charge is 0.259 e. The van der Waals surface area contributed by atoms with Crippen molar-refractivity contribution in [3.8, 4) is 0 Å². The van der Waals surface area contributed by atoms with Gasteiger partial charge in [-0.1, -0.05) is 50.6 Å². The van der Waals surface area contributed by atoms with Gasteiger partial charge >= 0.3 is 0 Å². The molecule has 2 fully saturated rings. The van der Waals surface area contributed by atoms with Gasteiger partial charge < -0.3 is 14.8 Å². The molecule has 1 atom stereocenters. The van der Waals surface area contributed by atoms with E-state index in [2.05, 4.69) is 36.2 Å². The highest BCUT2D eigenvalue weighted by Crippen LogP contribution is 2.24. The minimum absolute atomic E-state index is 0.0453. The second kappa shape index (κ2) is 12.3. The van der Waals surface area contributed by atoms with Crippen molar-refractivity contribution in [2.45, 2.75) is 65.0 Å². The average molecular weight is 493 g/mol. The predicted molar refractivity (Wildman–Crippen MR) is 142 cm³/mol. The molecule has 1 aromatic carbocycles. The van der Waals surface area contributed by atoms with E-state index in [0.29, 0.717) is 32.1 Å². The molecular formula is C29H40N4O3. The second-order valence-electron chi connectivity index (χ2n) is 10.6. The van der Waals surface area contributed by atoms with Gasteiger partial charge in [-0.15, -0.1) is 0 Å². The van der Waals surface area contributed by atoms with Crippen molar-refractivity contribution in [1.82, 2.24) is 19.7 Å². The highest BCUT2D eigenvalue weighted by atomic mass is 16.2. The van der Waals surface area contributed by atoms with Crippen LogP contribution in [-0.2, 0) is 6.54 Å². The van der Waals surface area contributed by atoms with E-state index in [4.69, 9.17) is 0 Å². The molecule has 0 unspecified atom stereocenters. The molecule has 1 N–H and O–H groups in total. The normalized spacial score (nSPS) is 17.7. The number of carbonyl (C=O) groups excluding carboxylic acids is 2. The van der Waals surface area contributed by atoms with Crippen molar-refractivity contribution < 1.29 is 9.59 Å². The zero-order chi connectivity index (χ0) is 25.5. The van der Waals surface area contributed by atoms with E-state index in [9.17, 15) is 14.4 Å². The van der Waals surface area contributed by atoms with E-state index in [1.54, 1.807) is 17.3 Å². The first-order valence-corrected chi connectivity index (χ1v) is 13.5. The van der Waals surface area contributed by atoms with Crippen LogP contribution in [0.2, 0.25) is 0 Å². The van der Waals surface area contributed by atoms with Gasteiger partial charge in [0.2, 0.25) is 5.43 Å². The van der Waals surface area contributed by atoms with Crippen molar-refractivity contribution in [3.63, 3.8) is 0 Å². The number of rotatable bonds is 8. The Morgan fingerprint density at radius 3 is 2.11 bits per heavy atom. The fraction of sp³-hybridized carbons (Fsp3) is 0.552. The molecule has 2 saturated heterocycles. The number of aromatic nitrogens is 1. The Hall–Kier alpha value is -2.93. The maximum atomic E-state index is 13.4. The first-order chi connectivity index (χ1) is 17.4. The van der Waals surface area contributed by atoms with Crippen LogP contribution in [0.4, 0.5) is 0 Å². The molecule has 0 spiro atoms. The molecule has 3 heterocycles. The molecule has 2 aliphatic heterocycles. The van der Waals surface area contributed by atoms with Crippen molar-refractivity contribution >= 4 is 11.8 Å². The van der Waals surface area contributed by atoms with E-state index < -0.39 is 11.3 Å². The van der Waals surface area contributed by atoms with E-state index in [-0.39, 0.29) is 23.1 Å². The van der Waals surface area contributed by atoms with Gasteiger partial charge in [0.25, 0.3) is 11.8 Å². The first-order valence-electron chi connectivity index (χ1n) is 13.5. The molecule has 194 valence electrons. The van der Waals surface area contributed by atoms with Gasteiger partial charge in [0.05, 0.1) is 6.04 Å². The predicted octanol–water partition coefficient (Wildman–Crippen LogP) is 4.09. The average Bonchev–Trinajstić information content (AvgIpc) is 2.90. The third kappa shape index (κ3) is 6.44. The summed E-state index contributed by atoms with van der Waals surface area (Å²) >= 11 is 0. The molecule has 2 aromatic rings. The lowest BCUT2D eigenvalue weighted by molar-refractivity contribution is 0.0722. The topological polar surface area (TPSA) is 74.6 Å². The van der Waals surface area contributed by atoms with Crippen LogP contribution < -0.4 is 10.7 Å². The Morgan fingerprint density at radius 1 is 0.861 bits per heavy atom. The monoisotopic (exact) mass is 492 g/mol. The SMILES string of the molecule is CC(C)Cn1cc(C(=O)NC[C@H](c2ccccc2)N2CCCCC2)c(=O)c(C(=O)N2CCCCC2)c1. The zero-order valence-corrected chi connectivity index (χ0v) is 21.7. The summed E-state index contributed by atoms with van der Waals surface area (Å²) in [7, 11) is 0. The van der Waals surface area contributed by atoms with Crippen LogP contribution in [0.15, 0.2) is 47.5 Å². The van der Waals surface area contributed by atoms with Crippen LogP contribution in [0.5, 0.6) is 0 Å². The minimum Gasteiger partial charge on any atom is -0.352 e. The van der Waals surface area contributed by atoms with Crippen LogP contribution in [-0.4, -0.2) is 58.9 Å². The molecule has 4 rings (SSSR count). The number of pyridine rings is 1. The first kappa shape index (κ1) is 26.1. The standard InChI is InChI=1S/C29H40N4O3/c1-22(2)19-31-20-24(27(34)25(21-31)29(36)33-16-10-5-11-17-33)28(35)30-18-26(23-12-6-3-7-13-23)32-14-8-4-9-15-32/h3,6-7,12-13,20-22,26H,4-5,8-11,14-19H2,1-2H3,(H,30,35)/t26-/m1/s1. The number of benzene rings is 1. The third-order valence-corrected chi connectivity index (χ3v) is 7.25. The fourth-order valence-electron chi connectivity index (χ4n) is 5.39. The van der Waals surface area contributed by atoms with Gasteiger partial charge in [0.1, 0.15) is 11.1 Å². The number of hydrogen-bond acceptors (Lipinski definition) is 4. The minimum atomic E-state index is -0.475. The zero-order valence-electron chi connectivity index (χ0n) is 21.7. The lowest BCUT2D eigenvalue weighted by Gasteiger charge is -2.35. The Labute approximate surface area is 214 Å². The Bertz CT molecular complexity index is 1080. The van der Waals surface area contributed by atoms with E-state index >= 15 is 0 Å². The molecule has 0 aliphatic carbocycles. The van der Waals surface area contributed by atoms with Gasteiger partial charge in [-0.2, -0.15) is 0 Å². The van der Waals surface area contributed by atoms with Crippen LogP contribution in [0, 0.1) is 5.92 Å². The summed E-state index contributed by atoms with van der Waals surface area (Å²) in [6.07, 6.45) is 9.78. The van der Waals surface area contributed by atoms with Crippen LogP contribution in [0.25, 0.3) is 0 Å². The Morgan fingerprint density at radius 2 is 1.47 bits per heavy atom. The quantitative estimate of drug-likeness (QED) is 0.602. The largest absolute Gasteiger partial charge is 0.352 e. The summed E-state index contributed by atoms with van der Waals surface area (Å²) in [5.41, 5.74) is 0.827. The molecule has 7 nitrogen and oxygen atoms in total. The van der Waals surface area contributed by atoms with Crippen molar-refractivity contribution in [3.05, 3.63) is 69.6 Å². The second-order valence-corrected chi connectivity index (χ2v) is 10.6. The molecule has 36 heavy (non-hydrogen) atoms. The third-order valence-electron chi connectivity index (χ3n) is 7.25. The van der Waals surface area contributed by atoms with Gasteiger partial charge in [-0.25, -0.2) is 0 Å². The molecule has 2 amide bonds. The summed E-state index contributed by atoms with van der Waals surface area (Å²) in [5.74, 6) is -0.367. The summed E-state index contributed by atoms with van der Waals surface area (Å²) < 4.78 is 1.83. The van der Waals surface area contributed by atoms with E-state index in [1.165, 1.54) is 6.42 Å². The molecule has 0 saturated carbocycles. The molecule has 0 bridgehead atoms. The number of nitrogens with zero attached hydrogens (tertiary/aromatic N) is 3. The molecule has 2 aliphatic rings. The van der Waals surface area contributed by atoms with E-state index in [1.807, 2.05) is 22.8 Å². The van der Waals surface area contributed by atoms with E-state index in [0.717, 1.165) is 50.8 Å². The number of nitrogens with one attached hydrogen (secondary N) is 1. The van der Waals surface area contributed by atoms with Gasteiger partial charge in [0, 0.05) is 38.6 Å². The summed E-state index contributed by atoms with van der Waals surface area (Å²) in [4.78, 5) is 44.3. The van der Waals surface area contributed by atoms with Crippen LogP contribution >= 0.6 is 0 Å². The Balaban J connectivity index is 1.58. The summed E-state index contributed by atoms with van der Waals surface area (Å²) in [6.45, 7) is 8.51. The van der Waals surface area contributed by atoms with Crippen molar-refractivity contribution in [2.24, 2.45) is 5.92 Å². The molecule has 7 heteroatoms. The maximum Gasteiger partial charge on any atom is 0.259 e. The van der Waals surface area contributed by atoms with Crippen LogP contribution in [0.1, 0.15) is 84.7 Å². The number of piperidine rings is 2. The highest BCUT2D eigenvalue weighted by molar-refractivity contribution is 5.99. The lowest BCUT2D eigenvalue weighted by atomic mass is 10.0. The van der Waals surface area contributed by atoms with Crippen molar-refractivity contribution in [2.75, 3.05) is 32.7 Å². The van der Waals surface area contributed by atoms with Gasteiger partial charge in [0.15, 0.2) is 0 Å². The molecule has 0 radical (unpaired) electrons. The van der Waals surface area contributed by atoms with Crippen molar-refractivity contribution in [1.29, 1.82) is 0 Å². The fourth-order valence-corrected chi connectivity index (χ4v) is 5.39. The summed E-state index contributed by atoms with van der Waals surface area (Å²) in [5, 5.41) is 3.04. The highest BCUT2D eigenvalue weighted by Gasteiger charge is 2.26. The van der Waals surface area contributed by atoms with Gasteiger partial charge in [-0.3, -0.25) is 19.3 Å². The number of hydrogen-bond donors (Lipinski definition) is 1. The maximum absolute atomic E-state index is 13.4. The van der Waals surface area contributed by atoms with Gasteiger partial charge in [-0.05, 0) is 56.7 Å². The molecular weight excluding hydrogens is 452 g/mol.